The molecule has 2 N–H and O–H groups in total. The smallest absolute Gasteiger partial charge is 0.225 e. The molecule has 1 heterocycles. The van der Waals surface area contributed by atoms with Crippen molar-refractivity contribution in [3.05, 3.63) is 35.6 Å². The highest BCUT2D eigenvalue weighted by Gasteiger charge is 2.46. The Kier molecular flexibility index (Phi) is 3.27. The lowest BCUT2D eigenvalue weighted by Crippen LogP contribution is -2.44. The average Bonchev–Trinajstić information content (AvgIpc) is 3.21. The minimum atomic E-state index is -0.309. The van der Waals surface area contributed by atoms with Crippen LogP contribution in [0.4, 0.5) is 4.39 Å². The van der Waals surface area contributed by atoms with Crippen LogP contribution >= 0.6 is 0 Å². The van der Waals surface area contributed by atoms with Crippen LogP contribution < -0.4 is 10.6 Å². The van der Waals surface area contributed by atoms with E-state index in [-0.39, 0.29) is 23.2 Å². The van der Waals surface area contributed by atoms with Gasteiger partial charge in [0.1, 0.15) is 5.82 Å². The fourth-order valence-corrected chi connectivity index (χ4v) is 2.81. The molecular formula is C15H19FN2O. The van der Waals surface area contributed by atoms with E-state index in [4.69, 9.17) is 0 Å². The Balaban J connectivity index is 1.70. The first-order chi connectivity index (χ1) is 9.20. The van der Waals surface area contributed by atoms with E-state index in [9.17, 15) is 9.18 Å². The number of hydrogen-bond acceptors (Lipinski definition) is 2. The van der Waals surface area contributed by atoms with E-state index in [2.05, 4.69) is 10.6 Å². The second kappa shape index (κ2) is 4.93. The summed E-state index contributed by atoms with van der Waals surface area (Å²) < 4.78 is 13.3. The molecule has 1 unspecified atom stereocenters. The van der Waals surface area contributed by atoms with E-state index in [0.29, 0.717) is 0 Å². The van der Waals surface area contributed by atoms with Crippen molar-refractivity contribution in [2.45, 2.75) is 31.2 Å². The van der Waals surface area contributed by atoms with Crippen LogP contribution in [0.25, 0.3) is 0 Å². The maximum absolute atomic E-state index is 13.3. The Morgan fingerprint density at radius 1 is 1.42 bits per heavy atom. The normalized spacial score (nSPS) is 24.8. The first-order valence-corrected chi connectivity index (χ1v) is 6.98. The third-order valence-electron chi connectivity index (χ3n) is 4.16. The minimum absolute atomic E-state index is 0.0554. The topological polar surface area (TPSA) is 41.1 Å². The van der Waals surface area contributed by atoms with E-state index in [0.717, 1.165) is 44.3 Å². The largest absolute Gasteiger partial charge is 0.346 e. The molecule has 4 heteroatoms. The zero-order valence-electron chi connectivity index (χ0n) is 10.9. The molecule has 1 saturated carbocycles. The quantitative estimate of drug-likeness (QED) is 0.874. The molecule has 0 spiro atoms. The molecule has 3 nitrogen and oxygen atoms in total. The second-order valence-electron chi connectivity index (χ2n) is 5.62. The molecule has 1 saturated heterocycles. The number of carbonyl (C=O) groups excluding carboxylic acids is 1. The van der Waals surface area contributed by atoms with Crippen LogP contribution in [0, 0.1) is 11.7 Å². The molecule has 1 aliphatic heterocycles. The predicted molar refractivity (Wildman–Crippen MR) is 71.0 cm³/mol. The Labute approximate surface area is 112 Å². The van der Waals surface area contributed by atoms with Crippen LogP contribution in [-0.2, 0) is 10.3 Å². The van der Waals surface area contributed by atoms with Crippen molar-refractivity contribution >= 4 is 5.91 Å². The van der Waals surface area contributed by atoms with Crippen LogP contribution in [0.3, 0.4) is 0 Å². The third-order valence-corrected chi connectivity index (χ3v) is 4.16. The van der Waals surface area contributed by atoms with Crippen molar-refractivity contribution in [3.63, 3.8) is 0 Å². The molecule has 1 amide bonds. The highest BCUT2D eigenvalue weighted by molar-refractivity contribution is 5.80. The summed E-state index contributed by atoms with van der Waals surface area (Å²) in [6.45, 7) is 1.75. The molecule has 2 aliphatic rings. The third kappa shape index (κ3) is 2.63. The lowest BCUT2D eigenvalue weighted by atomic mass is 9.97. The van der Waals surface area contributed by atoms with Gasteiger partial charge in [0.25, 0.3) is 0 Å². The predicted octanol–water partition coefficient (Wildman–Crippen LogP) is 1.93. The van der Waals surface area contributed by atoms with Gasteiger partial charge in [-0.3, -0.25) is 4.79 Å². The summed E-state index contributed by atoms with van der Waals surface area (Å²) in [6.07, 6.45) is 3.80. The van der Waals surface area contributed by atoms with Gasteiger partial charge >= 0.3 is 0 Å². The zero-order valence-corrected chi connectivity index (χ0v) is 10.9. The van der Waals surface area contributed by atoms with Crippen LogP contribution in [-0.4, -0.2) is 19.0 Å². The summed E-state index contributed by atoms with van der Waals surface area (Å²) in [5.41, 5.74) is 0.584. The molecule has 102 valence electrons. The summed E-state index contributed by atoms with van der Waals surface area (Å²) >= 11 is 0. The van der Waals surface area contributed by atoms with Gasteiger partial charge in [-0.05, 0) is 49.9 Å². The van der Waals surface area contributed by atoms with Gasteiger partial charge in [0.15, 0.2) is 0 Å². The van der Waals surface area contributed by atoms with Gasteiger partial charge in [0.05, 0.1) is 11.5 Å². The molecular weight excluding hydrogens is 243 g/mol. The summed E-state index contributed by atoms with van der Waals surface area (Å²) in [5, 5.41) is 6.38. The van der Waals surface area contributed by atoms with Crippen molar-refractivity contribution in [1.82, 2.24) is 10.6 Å². The Hall–Kier alpha value is -1.42. The molecule has 1 aliphatic carbocycles. The van der Waals surface area contributed by atoms with Gasteiger partial charge in [0.2, 0.25) is 5.91 Å². The summed E-state index contributed by atoms with van der Waals surface area (Å²) in [6, 6.07) is 6.58. The standard InChI is InChI=1S/C15H19FN2O/c16-13-5-1-4-12(9-13)15(6-7-15)18-14(19)11-3-2-8-17-10-11/h1,4-5,9,11,17H,2-3,6-8,10H2,(H,18,19). The van der Waals surface area contributed by atoms with Gasteiger partial charge in [0, 0.05) is 6.54 Å². The van der Waals surface area contributed by atoms with E-state index in [1.807, 2.05) is 6.07 Å². The van der Waals surface area contributed by atoms with Crippen molar-refractivity contribution in [2.75, 3.05) is 13.1 Å². The molecule has 3 rings (SSSR count). The number of amides is 1. The lowest BCUT2D eigenvalue weighted by Gasteiger charge is -2.25. The maximum atomic E-state index is 13.3. The van der Waals surface area contributed by atoms with Crippen LogP contribution in [0.1, 0.15) is 31.2 Å². The minimum Gasteiger partial charge on any atom is -0.346 e. The zero-order chi connectivity index (χ0) is 13.3. The fourth-order valence-electron chi connectivity index (χ4n) is 2.81. The lowest BCUT2D eigenvalue weighted by molar-refractivity contribution is -0.126. The van der Waals surface area contributed by atoms with Crippen molar-refractivity contribution in [1.29, 1.82) is 0 Å². The highest BCUT2D eigenvalue weighted by Crippen LogP contribution is 2.45. The Morgan fingerprint density at radius 3 is 2.89 bits per heavy atom. The van der Waals surface area contributed by atoms with Gasteiger partial charge in [-0.15, -0.1) is 0 Å². The van der Waals surface area contributed by atoms with E-state index in [1.165, 1.54) is 12.1 Å². The first kappa shape index (κ1) is 12.6. The van der Waals surface area contributed by atoms with Gasteiger partial charge < -0.3 is 10.6 Å². The monoisotopic (exact) mass is 262 g/mol. The summed E-state index contributed by atoms with van der Waals surface area (Å²) in [4.78, 5) is 12.3. The van der Waals surface area contributed by atoms with Crippen molar-refractivity contribution in [2.24, 2.45) is 5.92 Å². The SMILES string of the molecule is O=C(NC1(c2cccc(F)c2)CC1)C1CCCNC1. The fraction of sp³-hybridized carbons (Fsp3) is 0.533. The summed E-state index contributed by atoms with van der Waals surface area (Å²) in [5.74, 6) is -0.0777. The number of hydrogen-bond donors (Lipinski definition) is 2. The van der Waals surface area contributed by atoms with Gasteiger partial charge in [-0.2, -0.15) is 0 Å². The van der Waals surface area contributed by atoms with Crippen molar-refractivity contribution in [3.8, 4) is 0 Å². The van der Waals surface area contributed by atoms with E-state index < -0.39 is 0 Å². The second-order valence-corrected chi connectivity index (χ2v) is 5.62. The molecule has 1 aromatic carbocycles. The number of carbonyl (C=O) groups is 1. The average molecular weight is 262 g/mol. The van der Waals surface area contributed by atoms with Gasteiger partial charge in [-0.1, -0.05) is 12.1 Å². The number of piperidine rings is 1. The van der Waals surface area contributed by atoms with E-state index in [1.54, 1.807) is 6.07 Å². The van der Waals surface area contributed by atoms with Crippen molar-refractivity contribution < 1.29 is 9.18 Å². The number of nitrogens with one attached hydrogen (secondary N) is 2. The highest BCUT2D eigenvalue weighted by atomic mass is 19.1. The van der Waals surface area contributed by atoms with Gasteiger partial charge in [-0.25, -0.2) is 4.39 Å². The number of rotatable bonds is 3. The Bertz CT molecular complexity index is 479. The molecule has 0 aromatic heterocycles. The molecule has 2 fully saturated rings. The number of halogens is 1. The van der Waals surface area contributed by atoms with Crippen LogP contribution in [0.2, 0.25) is 0 Å². The summed E-state index contributed by atoms with van der Waals surface area (Å²) in [7, 11) is 0. The molecule has 0 bridgehead atoms. The van der Waals surface area contributed by atoms with Crippen LogP contribution in [0.15, 0.2) is 24.3 Å². The van der Waals surface area contributed by atoms with E-state index >= 15 is 0 Å². The van der Waals surface area contributed by atoms with Crippen LogP contribution in [0.5, 0.6) is 0 Å². The Morgan fingerprint density at radius 2 is 2.26 bits per heavy atom. The molecule has 19 heavy (non-hydrogen) atoms. The number of benzene rings is 1. The maximum Gasteiger partial charge on any atom is 0.225 e. The molecule has 1 atom stereocenters. The molecule has 1 aromatic rings. The first-order valence-electron chi connectivity index (χ1n) is 6.98. The molecule has 0 radical (unpaired) electrons.